The van der Waals surface area contributed by atoms with E-state index in [1.54, 1.807) is 0 Å². The highest BCUT2D eigenvalue weighted by Gasteiger charge is 1.96. The maximum atomic E-state index is 8.70. The number of aliphatic hydroxyl groups excluding tert-OH is 3. The molecule has 0 fully saturated rings. The summed E-state index contributed by atoms with van der Waals surface area (Å²) in [6.07, 6.45) is 48.9. The Morgan fingerprint density at radius 2 is 0.295 bits per heavy atom. The van der Waals surface area contributed by atoms with Crippen molar-refractivity contribution in [2.75, 3.05) is 25.2 Å². The number of hydrogen-bond acceptors (Lipinski definition) is 3. The summed E-state index contributed by atoms with van der Waals surface area (Å²) in [5.74, 6) is 0. The summed E-state index contributed by atoms with van der Waals surface area (Å²) in [5.41, 5.74) is 0. The first-order valence-electron chi connectivity index (χ1n) is 20.2. The van der Waals surface area contributed by atoms with E-state index in [9.17, 15) is 0 Å². The van der Waals surface area contributed by atoms with Crippen molar-refractivity contribution in [3.8, 4) is 0 Å². The Hall–Kier alpha value is 0.360. The molecule has 0 aliphatic carbocycles. The van der Waals surface area contributed by atoms with Gasteiger partial charge in [0.15, 0.2) is 0 Å². The van der Waals surface area contributed by atoms with Crippen molar-refractivity contribution in [2.24, 2.45) is 0 Å². The summed E-state index contributed by atoms with van der Waals surface area (Å²) in [4.78, 5) is 0. The molecular formula is C40H83BrO3. The largest absolute Gasteiger partial charge is 0.396 e. The number of rotatable bonds is 38. The third-order valence-corrected chi connectivity index (χ3v) is 9.67. The van der Waals surface area contributed by atoms with Gasteiger partial charge in [-0.25, -0.2) is 0 Å². The molecule has 3 nitrogen and oxygen atoms in total. The zero-order valence-electron chi connectivity index (χ0n) is 30.0. The molecule has 0 aromatic carbocycles. The molecule has 0 spiro atoms. The van der Waals surface area contributed by atoms with Crippen molar-refractivity contribution in [1.29, 1.82) is 0 Å². The molecular weight excluding hydrogens is 608 g/mol. The average molecular weight is 692 g/mol. The summed E-state index contributed by atoms with van der Waals surface area (Å²) in [7, 11) is 0. The third kappa shape index (κ3) is 49.2. The molecule has 0 rings (SSSR count). The first kappa shape index (κ1) is 46.5. The van der Waals surface area contributed by atoms with E-state index in [1.165, 1.54) is 217 Å². The molecule has 0 atom stereocenters. The van der Waals surface area contributed by atoms with Crippen LogP contribution in [0.25, 0.3) is 0 Å². The topological polar surface area (TPSA) is 60.7 Å². The van der Waals surface area contributed by atoms with Crippen molar-refractivity contribution in [3.05, 3.63) is 0 Å². The van der Waals surface area contributed by atoms with Gasteiger partial charge in [-0.2, -0.15) is 0 Å². The minimum Gasteiger partial charge on any atom is -0.396 e. The molecule has 0 saturated carbocycles. The molecule has 268 valence electrons. The van der Waals surface area contributed by atoms with Crippen LogP contribution in [0.1, 0.15) is 231 Å². The standard InChI is InChI=1S/C20H41BrO.C20H42O2/c2*21-19-17-15-13-11-9-7-5-3-1-2-4-6-8-10-12-14-16-18-20-22/h22H,1-20H2;21-22H,1-20H2. The van der Waals surface area contributed by atoms with Crippen molar-refractivity contribution in [1.82, 2.24) is 0 Å². The Bertz CT molecular complexity index is 368. The minimum absolute atomic E-state index is 0.365. The van der Waals surface area contributed by atoms with Crippen LogP contribution in [0.2, 0.25) is 0 Å². The smallest absolute Gasteiger partial charge is 0.0431 e. The molecule has 44 heavy (non-hydrogen) atoms. The van der Waals surface area contributed by atoms with Crippen LogP contribution in [-0.2, 0) is 0 Å². The maximum Gasteiger partial charge on any atom is 0.0431 e. The van der Waals surface area contributed by atoms with Gasteiger partial charge in [0.05, 0.1) is 0 Å². The van der Waals surface area contributed by atoms with Gasteiger partial charge in [0, 0.05) is 25.2 Å². The molecule has 0 unspecified atom stereocenters. The number of aliphatic hydroxyl groups is 3. The highest BCUT2D eigenvalue weighted by molar-refractivity contribution is 9.09. The van der Waals surface area contributed by atoms with E-state index in [-0.39, 0.29) is 0 Å². The molecule has 0 aromatic heterocycles. The number of halogens is 1. The second-order valence-electron chi connectivity index (χ2n) is 13.6. The molecule has 0 aliphatic rings. The molecule has 0 aliphatic heterocycles. The second kappa shape index (κ2) is 47.8. The van der Waals surface area contributed by atoms with E-state index in [1.807, 2.05) is 0 Å². The van der Waals surface area contributed by atoms with Crippen LogP contribution >= 0.6 is 15.9 Å². The molecule has 0 saturated heterocycles. The Balaban J connectivity index is 0. The van der Waals surface area contributed by atoms with E-state index in [0.717, 1.165) is 19.3 Å². The first-order chi connectivity index (χ1) is 21.8. The van der Waals surface area contributed by atoms with Crippen molar-refractivity contribution < 1.29 is 15.3 Å². The van der Waals surface area contributed by atoms with Gasteiger partial charge in [0.2, 0.25) is 0 Å². The maximum absolute atomic E-state index is 8.70. The highest BCUT2D eigenvalue weighted by atomic mass is 79.9. The Kier molecular flexibility index (Phi) is 50.5. The zero-order valence-corrected chi connectivity index (χ0v) is 31.6. The van der Waals surface area contributed by atoms with Gasteiger partial charge < -0.3 is 15.3 Å². The quantitative estimate of drug-likeness (QED) is 0.0446. The predicted molar refractivity (Wildman–Crippen MR) is 201 cm³/mol. The van der Waals surface area contributed by atoms with Gasteiger partial charge in [-0.15, -0.1) is 0 Å². The lowest BCUT2D eigenvalue weighted by atomic mass is 10.0. The summed E-state index contributed by atoms with van der Waals surface area (Å²) >= 11 is 3.49. The molecule has 0 bridgehead atoms. The summed E-state index contributed by atoms with van der Waals surface area (Å²) in [6, 6.07) is 0. The number of alkyl halides is 1. The van der Waals surface area contributed by atoms with E-state index in [4.69, 9.17) is 15.3 Å². The number of hydrogen-bond donors (Lipinski definition) is 3. The Morgan fingerprint density at radius 1 is 0.182 bits per heavy atom. The van der Waals surface area contributed by atoms with Crippen LogP contribution in [0.5, 0.6) is 0 Å². The summed E-state index contributed by atoms with van der Waals surface area (Å²) in [6.45, 7) is 1.10. The number of unbranched alkanes of at least 4 members (excludes halogenated alkanes) is 34. The monoisotopic (exact) mass is 691 g/mol. The van der Waals surface area contributed by atoms with Crippen molar-refractivity contribution in [2.45, 2.75) is 231 Å². The van der Waals surface area contributed by atoms with Gasteiger partial charge in [0.25, 0.3) is 0 Å². The van der Waals surface area contributed by atoms with Crippen LogP contribution in [0.4, 0.5) is 0 Å². The van der Waals surface area contributed by atoms with Crippen LogP contribution in [0, 0.1) is 0 Å². The lowest BCUT2D eigenvalue weighted by Gasteiger charge is -2.03. The summed E-state index contributed by atoms with van der Waals surface area (Å²) in [5, 5.41) is 27.3. The minimum atomic E-state index is 0.365. The van der Waals surface area contributed by atoms with Crippen LogP contribution in [0.3, 0.4) is 0 Å². The van der Waals surface area contributed by atoms with Crippen LogP contribution in [-0.4, -0.2) is 40.5 Å². The van der Waals surface area contributed by atoms with E-state index in [0.29, 0.717) is 19.8 Å². The van der Waals surface area contributed by atoms with Gasteiger partial charge >= 0.3 is 0 Å². The molecule has 3 N–H and O–H groups in total. The summed E-state index contributed by atoms with van der Waals surface area (Å²) < 4.78 is 0. The first-order valence-corrected chi connectivity index (χ1v) is 21.3. The SMILES string of the molecule is OCCCCCCCCCCCCCCCCCCCCBr.OCCCCCCCCCCCCCCCCCCCCO. The molecule has 4 heteroatoms. The van der Waals surface area contributed by atoms with Crippen LogP contribution in [0.15, 0.2) is 0 Å². The fraction of sp³-hybridized carbons (Fsp3) is 1.00. The van der Waals surface area contributed by atoms with E-state index in [2.05, 4.69) is 15.9 Å². The van der Waals surface area contributed by atoms with Gasteiger partial charge in [-0.1, -0.05) is 221 Å². The van der Waals surface area contributed by atoms with Crippen LogP contribution < -0.4 is 0 Å². The lowest BCUT2D eigenvalue weighted by molar-refractivity contribution is 0.282. The highest BCUT2D eigenvalue weighted by Crippen LogP contribution is 2.16. The second-order valence-corrected chi connectivity index (χ2v) is 14.4. The zero-order chi connectivity index (χ0) is 32.3. The Morgan fingerprint density at radius 3 is 0.409 bits per heavy atom. The third-order valence-electron chi connectivity index (χ3n) is 9.11. The fourth-order valence-electron chi connectivity index (χ4n) is 6.09. The van der Waals surface area contributed by atoms with E-state index >= 15 is 0 Å². The normalized spacial score (nSPS) is 11.2. The molecule has 0 radical (unpaired) electrons. The molecule has 0 heterocycles. The molecule has 0 amide bonds. The predicted octanol–water partition coefficient (Wildman–Crippen LogP) is 13.4. The Labute approximate surface area is 286 Å². The van der Waals surface area contributed by atoms with Gasteiger partial charge in [-0.3, -0.25) is 0 Å². The van der Waals surface area contributed by atoms with Gasteiger partial charge in [-0.05, 0) is 25.7 Å². The van der Waals surface area contributed by atoms with Crippen molar-refractivity contribution in [3.63, 3.8) is 0 Å². The average Bonchev–Trinajstić information content (AvgIpc) is 3.04. The van der Waals surface area contributed by atoms with Crippen molar-refractivity contribution >= 4 is 15.9 Å². The van der Waals surface area contributed by atoms with Gasteiger partial charge in [0.1, 0.15) is 0 Å². The lowest BCUT2D eigenvalue weighted by Crippen LogP contribution is -1.85. The van der Waals surface area contributed by atoms with E-state index < -0.39 is 0 Å². The fourth-order valence-corrected chi connectivity index (χ4v) is 6.48. The molecule has 0 aromatic rings.